The molecular weight excluding hydrogens is 306 g/mol. The smallest absolute Gasteiger partial charge is 0.203 e. The Labute approximate surface area is 138 Å². The highest BCUT2D eigenvalue weighted by atomic mass is 32.2. The lowest BCUT2D eigenvalue weighted by molar-refractivity contribution is 0.599. The van der Waals surface area contributed by atoms with E-state index in [0.29, 0.717) is 22.8 Å². The molecular formula is C19H21NO2S. The standard InChI is InChI=1S/C19H21NO2S/c1-15-6-5-9-17(14-15)23(21,22)19-11-13-20-12-10-18(19)16-7-3-2-4-8-16/h2-9,14,20H,10-13H2,1H3. The van der Waals surface area contributed by atoms with Crippen molar-refractivity contribution in [3.05, 3.63) is 70.6 Å². The summed E-state index contributed by atoms with van der Waals surface area (Å²) in [5.74, 6) is 0. The molecule has 0 saturated carbocycles. The van der Waals surface area contributed by atoms with E-state index in [2.05, 4.69) is 5.32 Å². The zero-order valence-electron chi connectivity index (χ0n) is 13.2. The lowest BCUT2D eigenvalue weighted by Gasteiger charge is -2.14. The molecule has 0 amide bonds. The van der Waals surface area contributed by atoms with Crippen LogP contribution < -0.4 is 5.32 Å². The van der Waals surface area contributed by atoms with Gasteiger partial charge in [0.25, 0.3) is 0 Å². The molecule has 2 aromatic rings. The summed E-state index contributed by atoms with van der Waals surface area (Å²) in [5, 5.41) is 3.31. The van der Waals surface area contributed by atoms with Crippen LogP contribution in [-0.2, 0) is 9.84 Å². The molecule has 1 N–H and O–H groups in total. The van der Waals surface area contributed by atoms with Gasteiger partial charge in [0.15, 0.2) is 0 Å². The van der Waals surface area contributed by atoms with Gasteiger partial charge >= 0.3 is 0 Å². The minimum Gasteiger partial charge on any atom is -0.316 e. The van der Waals surface area contributed by atoms with Crippen molar-refractivity contribution in [1.29, 1.82) is 0 Å². The van der Waals surface area contributed by atoms with Crippen molar-refractivity contribution < 1.29 is 8.42 Å². The van der Waals surface area contributed by atoms with Crippen LogP contribution in [0.2, 0.25) is 0 Å². The number of hydrogen-bond acceptors (Lipinski definition) is 3. The summed E-state index contributed by atoms with van der Waals surface area (Å²) in [4.78, 5) is 0.946. The number of aryl methyl sites for hydroxylation is 1. The van der Waals surface area contributed by atoms with Crippen LogP contribution in [-0.4, -0.2) is 21.5 Å². The van der Waals surface area contributed by atoms with Crippen molar-refractivity contribution in [3.63, 3.8) is 0 Å². The quantitative estimate of drug-likeness (QED) is 0.937. The maximum Gasteiger partial charge on any atom is 0.203 e. The van der Waals surface area contributed by atoms with E-state index in [-0.39, 0.29) is 0 Å². The molecule has 0 radical (unpaired) electrons. The summed E-state index contributed by atoms with van der Waals surface area (Å²) in [6.45, 7) is 3.41. The molecule has 120 valence electrons. The van der Waals surface area contributed by atoms with Gasteiger partial charge in [-0.1, -0.05) is 42.5 Å². The maximum atomic E-state index is 13.2. The lowest BCUT2D eigenvalue weighted by atomic mass is 10.0. The zero-order valence-corrected chi connectivity index (χ0v) is 14.1. The number of nitrogens with one attached hydrogen (secondary N) is 1. The molecule has 2 aromatic carbocycles. The van der Waals surface area contributed by atoms with Gasteiger partial charge in [-0.2, -0.15) is 0 Å². The summed E-state index contributed by atoms with van der Waals surface area (Å²) in [6, 6.07) is 17.0. The Balaban J connectivity index is 2.17. The minimum absolute atomic E-state index is 0.392. The van der Waals surface area contributed by atoms with Gasteiger partial charge < -0.3 is 5.32 Å². The number of sulfone groups is 1. The summed E-state index contributed by atoms with van der Waals surface area (Å²) < 4.78 is 26.4. The maximum absolute atomic E-state index is 13.2. The first-order valence-corrected chi connectivity index (χ1v) is 9.37. The van der Waals surface area contributed by atoms with E-state index in [1.807, 2.05) is 43.3 Å². The van der Waals surface area contributed by atoms with Gasteiger partial charge in [0.2, 0.25) is 9.84 Å². The molecule has 0 aromatic heterocycles. The van der Waals surface area contributed by atoms with Gasteiger partial charge in [0.1, 0.15) is 0 Å². The van der Waals surface area contributed by atoms with E-state index >= 15 is 0 Å². The van der Waals surface area contributed by atoms with Crippen LogP contribution in [0.4, 0.5) is 0 Å². The summed E-state index contributed by atoms with van der Waals surface area (Å²) >= 11 is 0. The molecule has 1 aliphatic rings. The SMILES string of the molecule is Cc1cccc(S(=O)(=O)C2=C(c3ccccc3)CCNCC2)c1. The van der Waals surface area contributed by atoms with Crippen molar-refractivity contribution in [2.24, 2.45) is 0 Å². The third-order valence-corrected chi connectivity index (χ3v) is 6.14. The first-order chi connectivity index (χ1) is 11.1. The van der Waals surface area contributed by atoms with Crippen molar-refractivity contribution in [2.45, 2.75) is 24.7 Å². The molecule has 0 saturated heterocycles. The second kappa shape index (κ2) is 6.69. The second-order valence-corrected chi connectivity index (χ2v) is 7.81. The van der Waals surface area contributed by atoms with Gasteiger partial charge in [-0.3, -0.25) is 0 Å². The zero-order chi connectivity index (χ0) is 16.3. The molecule has 0 unspecified atom stereocenters. The fraction of sp³-hybridized carbons (Fsp3) is 0.263. The molecule has 0 fully saturated rings. The molecule has 0 bridgehead atoms. The molecule has 0 spiro atoms. The Morgan fingerprint density at radius 1 is 0.913 bits per heavy atom. The molecule has 0 aliphatic carbocycles. The second-order valence-electron chi connectivity index (χ2n) is 5.84. The summed E-state index contributed by atoms with van der Waals surface area (Å²) in [6.07, 6.45) is 1.25. The van der Waals surface area contributed by atoms with Gasteiger partial charge in [0.05, 0.1) is 9.80 Å². The van der Waals surface area contributed by atoms with E-state index in [0.717, 1.165) is 29.7 Å². The Bertz CT molecular complexity index is 823. The van der Waals surface area contributed by atoms with Crippen LogP contribution in [0.3, 0.4) is 0 Å². The predicted molar refractivity (Wildman–Crippen MR) is 93.8 cm³/mol. The lowest BCUT2D eigenvalue weighted by Crippen LogP contribution is -2.15. The Kier molecular flexibility index (Phi) is 4.64. The first kappa shape index (κ1) is 16.0. The molecule has 4 heteroatoms. The third kappa shape index (κ3) is 3.38. The largest absolute Gasteiger partial charge is 0.316 e. The fourth-order valence-electron chi connectivity index (χ4n) is 3.00. The predicted octanol–water partition coefficient (Wildman–Crippen LogP) is 3.56. The highest BCUT2D eigenvalue weighted by Crippen LogP contribution is 2.33. The topological polar surface area (TPSA) is 46.2 Å². The van der Waals surface area contributed by atoms with Crippen molar-refractivity contribution in [1.82, 2.24) is 5.32 Å². The molecule has 23 heavy (non-hydrogen) atoms. The van der Waals surface area contributed by atoms with Crippen molar-refractivity contribution in [3.8, 4) is 0 Å². The van der Waals surface area contributed by atoms with E-state index in [4.69, 9.17) is 0 Å². The summed E-state index contributed by atoms with van der Waals surface area (Å²) in [7, 11) is -3.47. The Morgan fingerprint density at radius 2 is 1.65 bits per heavy atom. The van der Waals surface area contributed by atoms with Gasteiger partial charge in [-0.15, -0.1) is 0 Å². The molecule has 1 aliphatic heterocycles. The molecule has 1 heterocycles. The van der Waals surface area contributed by atoms with Gasteiger partial charge in [0, 0.05) is 0 Å². The van der Waals surface area contributed by atoms with Crippen molar-refractivity contribution in [2.75, 3.05) is 13.1 Å². The Morgan fingerprint density at radius 3 is 2.39 bits per heavy atom. The first-order valence-electron chi connectivity index (χ1n) is 7.89. The third-order valence-electron chi connectivity index (χ3n) is 4.16. The average Bonchev–Trinajstić information content (AvgIpc) is 2.82. The van der Waals surface area contributed by atoms with E-state index in [1.54, 1.807) is 18.2 Å². The van der Waals surface area contributed by atoms with Crippen LogP contribution >= 0.6 is 0 Å². The molecule has 0 atom stereocenters. The van der Waals surface area contributed by atoms with Gasteiger partial charge in [-0.25, -0.2) is 8.42 Å². The Hall–Kier alpha value is -1.91. The molecule has 3 rings (SSSR count). The van der Waals surface area contributed by atoms with Crippen LogP contribution in [0.25, 0.3) is 5.57 Å². The minimum atomic E-state index is -3.47. The molecule has 3 nitrogen and oxygen atoms in total. The van der Waals surface area contributed by atoms with Crippen LogP contribution in [0.5, 0.6) is 0 Å². The number of rotatable bonds is 3. The van der Waals surface area contributed by atoms with E-state index < -0.39 is 9.84 Å². The fourth-order valence-corrected chi connectivity index (χ4v) is 4.79. The highest BCUT2D eigenvalue weighted by molar-refractivity contribution is 7.95. The van der Waals surface area contributed by atoms with E-state index in [9.17, 15) is 8.42 Å². The highest BCUT2D eigenvalue weighted by Gasteiger charge is 2.26. The van der Waals surface area contributed by atoms with Crippen LogP contribution in [0.15, 0.2) is 64.4 Å². The average molecular weight is 327 g/mol. The van der Waals surface area contributed by atoms with Crippen LogP contribution in [0.1, 0.15) is 24.0 Å². The number of benzene rings is 2. The monoisotopic (exact) mass is 327 g/mol. The van der Waals surface area contributed by atoms with Crippen LogP contribution in [0, 0.1) is 6.92 Å². The van der Waals surface area contributed by atoms with Crippen molar-refractivity contribution >= 4 is 15.4 Å². The van der Waals surface area contributed by atoms with Gasteiger partial charge in [-0.05, 0) is 61.7 Å². The van der Waals surface area contributed by atoms with E-state index in [1.165, 1.54) is 0 Å². The number of hydrogen-bond donors (Lipinski definition) is 1. The summed E-state index contributed by atoms with van der Waals surface area (Å²) in [5.41, 5.74) is 2.90. The normalized spacial score (nSPS) is 16.2.